The molecule has 104 valence electrons. The van der Waals surface area contributed by atoms with Crippen LogP contribution < -0.4 is 0 Å². The van der Waals surface area contributed by atoms with Crippen molar-refractivity contribution < 1.29 is 0 Å². The first-order valence-corrected chi connectivity index (χ1v) is 7.79. The second-order valence-electron chi connectivity index (χ2n) is 5.13. The third-order valence-electron chi connectivity index (χ3n) is 3.28. The van der Waals surface area contributed by atoms with Gasteiger partial charge in [-0.05, 0) is 30.4 Å². The zero-order valence-electron chi connectivity index (χ0n) is 12.6. The van der Waals surface area contributed by atoms with Gasteiger partial charge in [-0.15, -0.1) is 0 Å². The molecular formula is C19H28. The molecule has 0 N–H and O–H groups in total. The molecule has 0 aromatic heterocycles. The van der Waals surface area contributed by atoms with Gasteiger partial charge in [0.15, 0.2) is 0 Å². The highest BCUT2D eigenvalue weighted by Crippen LogP contribution is 2.15. The lowest BCUT2D eigenvalue weighted by Crippen LogP contribution is -1.82. The lowest BCUT2D eigenvalue weighted by Gasteiger charge is -2.03. The Kier molecular flexibility index (Phi) is 8.80. The molecule has 0 spiro atoms. The Morgan fingerprint density at radius 2 is 1.68 bits per heavy atom. The molecule has 0 atom stereocenters. The first-order chi connectivity index (χ1) is 9.36. The topological polar surface area (TPSA) is 0 Å². The van der Waals surface area contributed by atoms with Crippen molar-refractivity contribution in [3.05, 3.63) is 53.6 Å². The molecule has 0 nitrogen and oxygen atoms in total. The minimum Gasteiger partial charge on any atom is -0.0843 e. The fraction of sp³-hybridized carbons (Fsp3) is 0.474. The van der Waals surface area contributed by atoms with Gasteiger partial charge in [0, 0.05) is 0 Å². The van der Waals surface area contributed by atoms with Crippen LogP contribution in [0.2, 0.25) is 0 Å². The van der Waals surface area contributed by atoms with E-state index in [4.69, 9.17) is 0 Å². The number of benzene rings is 1. The van der Waals surface area contributed by atoms with E-state index in [1.54, 1.807) is 0 Å². The van der Waals surface area contributed by atoms with Crippen molar-refractivity contribution in [3.8, 4) is 0 Å². The van der Waals surface area contributed by atoms with Crippen LogP contribution in [0.5, 0.6) is 0 Å². The molecule has 0 amide bonds. The summed E-state index contributed by atoms with van der Waals surface area (Å²) in [5.41, 5.74) is 2.78. The summed E-state index contributed by atoms with van der Waals surface area (Å²) in [5, 5.41) is 0. The van der Waals surface area contributed by atoms with E-state index in [1.165, 1.54) is 56.1 Å². The highest BCUT2D eigenvalue weighted by atomic mass is 14.0. The largest absolute Gasteiger partial charge is 0.0843 e. The van der Waals surface area contributed by atoms with Gasteiger partial charge in [0.05, 0.1) is 0 Å². The van der Waals surface area contributed by atoms with Crippen molar-refractivity contribution in [3.63, 3.8) is 0 Å². The summed E-state index contributed by atoms with van der Waals surface area (Å²) in [5.74, 6) is 0. The van der Waals surface area contributed by atoms with Crippen LogP contribution in [0.25, 0.3) is 6.08 Å². The van der Waals surface area contributed by atoms with Crippen LogP contribution in [0.15, 0.2) is 48.1 Å². The molecule has 0 bridgehead atoms. The molecule has 0 saturated heterocycles. The molecule has 0 saturated carbocycles. The van der Waals surface area contributed by atoms with Gasteiger partial charge in [0.2, 0.25) is 0 Å². The van der Waals surface area contributed by atoms with Gasteiger partial charge >= 0.3 is 0 Å². The zero-order valence-corrected chi connectivity index (χ0v) is 12.6. The first kappa shape index (κ1) is 15.8. The molecule has 0 aliphatic rings. The van der Waals surface area contributed by atoms with Crippen molar-refractivity contribution in [2.45, 2.75) is 58.8 Å². The molecule has 1 rings (SSSR count). The maximum atomic E-state index is 2.34. The fourth-order valence-electron chi connectivity index (χ4n) is 2.10. The average molecular weight is 256 g/mol. The van der Waals surface area contributed by atoms with E-state index < -0.39 is 0 Å². The zero-order chi connectivity index (χ0) is 13.8. The van der Waals surface area contributed by atoms with Crippen molar-refractivity contribution >= 4 is 6.08 Å². The summed E-state index contributed by atoms with van der Waals surface area (Å²) < 4.78 is 0. The Balaban J connectivity index is 2.62. The second-order valence-corrected chi connectivity index (χ2v) is 5.13. The lowest BCUT2D eigenvalue weighted by atomic mass is 10.0. The number of unbranched alkanes of at least 4 members (excludes halogenated alkanes) is 4. The van der Waals surface area contributed by atoms with E-state index in [0.717, 1.165) is 0 Å². The molecule has 0 heterocycles. The molecule has 0 fully saturated rings. The predicted octanol–water partition coefficient (Wildman–Crippen LogP) is 6.40. The Morgan fingerprint density at radius 3 is 2.37 bits per heavy atom. The highest BCUT2D eigenvalue weighted by molar-refractivity contribution is 5.55. The highest BCUT2D eigenvalue weighted by Gasteiger charge is 1.95. The average Bonchev–Trinajstić information content (AvgIpc) is 2.44. The second kappa shape index (κ2) is 10.6. The fourth-order valence-corrected chi connectivity index (χ4v) is 2.10. The number of hydrogen-bond acceptors (Lipinski definition) is 0. The van der Waals surface area contributed by atoms with Crippen LogP contribution in [0.1, 0.15) is 64.4 Å². The van der Waals surface area contributed by atoms with Gasteiger partial charge in [-0.2, -0.15) is 0 Å². The molecular weight excluding hydrogens is 228 g/mol. The van der Waals surface area contributed by atoms with Gasteiger partial charge in [0.1, 0.15) is 0 Å². The predicted molar refractivity (Wildman–Crippen MR) is 87.2 cm³/mol. The van der Waals surface area contributed by atoms with E-state index >= 15 is 0 Å². The van der Waals surface area contributed by atoms with Crippen LogP contribution in [0.4, 0.5) is 0 Å². The standard InChI is InChI=1S/C19H28/c1-3-5-7-10-14-18(13-9-6-4-2)17-19-15-11-8-12-16-19/h8,10-12,14-17H,3-7,9,13H2,1-2H3/b14-10+,18-17+. The Hall–Kier alpha value is -1.30. The van der Waals surface area contributed by atoms with Gasteiger partial charge in [0.25, 0.3) is 0 Å². The van der Waals surface area contributed by atoms with Gasteiger partial charge in [-0.25, -0.2) is 0 Å². The minimum atomic E-state index is 1.20. The Bertz CT molecular complexity index is 370. The molecule has 0 radical (unpaired) electrons. The number of hydrogen-bond donors (Lipinski definition) is 0. The van der Waals surface area contributed by atoms with E-state index in [9.17, 15) is 0 Å². The first-order valence-electron chi connectivity index (χ1n) is 7.79. The van der Waals surface area contributed by atoms with Crippen molar-refractivity contribution in [2.75, 3.05) is 0 Å². The van der Waals surface area contributed by atoms with Crippen LogP contribution in [0, 0.1) is 0 Å². The maximum Gasteiger partial charge on any atom is -0.0254 e. The van der Waals surface area contributed by atoms with E-state index in [2.05, 4.69) is 62.4 Å². The van der Waals surface area contributed by atoms with Crippen molar-refractivity contribution in [1.82, 2.24) is 0 Å². The molecule has 1 aromatic rings. The molecule has 1 aromatic carbocycles. The summed E-state index contributed by atoms with van der Waals surface area (Å²) in [4.78, 5) is 0. The molecule has 0 aliphatic heterocycles. The van der Waals surface area contributed by atoms with E-state index in [0.29, 0.717) is 0 Å². The van der Waals surface area contributed by atoms with E-state index in [-0.39, 0.29) is 0 Å². The Labute approximate surface area is 119 Å². The van der Waals surface area contributed by atoms with Gasteiger partial charge in [-0.3, -0.25) is 0 Å². The van der Waals surface area contributed by atoms with Crippen molar-refractivity contribution in [1.29, 1.82) is 0 Å². The summed E-state index contributed by atoms with van der Waals surface area (Å²) in [7, 11) is 0. The monoisotopic (exact) mass is 256 g/mol. The lowest BCUT2D eigenvalue weighted by molar-refractivity contribution is 0.720. The van der Waals surface area contributed by atoms with Crippen LogP contribution >= 0.6 is 0 Å². The summed E-state index contributed by atoms with van der Waals surface area (Å²) in [6, 6.07) is 10.6. The molecule has 19 heavy (non-hydrogen) atoms. The molecule has 0 heteroatoms. The summed E-state index contributed by atoms with van der Waals surface area (Å²) in [6.45, 7) is 4.51. The SMILES string of the molecule is CCCC/C=C/C(=C/c1ccccc1)CCCCC. The summed E-state index contributed by atoms with van der Waals surface area (Å²) in [6.07, 6.45) is 15.9. The quantitative estimate of drug-likeness (QED) is 0.354. The van der Waals surface area contributed by atoms with Crippen molar-refractivity contribution in [2.24, 2.45) is 0 Å². The number of allylic oxidation sites excluding steroid dienone is 3. The third-order valence-corrected chi connectivity index (χ3v) is 3.28. The van der Waals surface area contributed by atoms with Crippen LogP contribution in [-0.4, -0.2) is 0 Å². The maximum absolute atomic E-state index is 2.34. The minimum absolute atomic E-state index is 1.20. The summed E-state index contributed by atoms with van der Waals surface area (Å²) >= 11 is 0. The smallest absolute Gasteiger partial charge is 0.0254 e. The number of rotatable bonds is 9. The van der Waals surface area contributed by atoms with Gasteiger partial charge in [-0.1, -0.05) is 88.1 Å². The van der Waals surface area contributed by atoms with Gasteiger partial charge < -0.3 is 0 Å². The molecule has 0 unspecified atom stereocenters. The van der Waals surface area contributed by atoms with Crippen LogP contribution in [-0.2, 0) is 0 Å². The van der Waals surface area contributed by atoms with E-state index in [1.807, 2.05) is 0 Å². The Morgan fingerprint density at radius 1 is 0.947 bits per heavy atom. The van der Waals surface area contributed by atoms with Crippen LogP contribution in [0.3, 0.4) is 0 Å². The third kappa shape index (κ3) is 7.66. The normalized spacial score (nSPS) is 12.2. The molecule has 0 aliphatic carbocycles.